The highest BCUT2D eigenvalue weighted by Gasteiger charge is 2.21. The average Bonchev–Trinajstić information content (AvgIpc) is 2.60. The molecule has 1 rings (SSSR count). The molecule has 0 aliphatic rings. The maximum Gasteiger partial charge on any atom is 0.306 e. The first-order chi connectivity index (χ1) is 7.04. The van der Waals surface area contributed by atoms with Crippen molar-refractivity contribution in [1.82, 2.24) is 0 Å². The molecule has 0 fully saturated rings. The molecule has 15 heavy (non-hydrogen) atoms. The van der Waals surface area contributed by atoms with E-state index in [-0.39, 0.29) is 11.9 Å². The number of halogens is 1. The van der Waals surface area contributed by atoms with E-state index in [0.717, 1.165) is 3.79 Å². The fourth-order valence-electron chi connectivity index (χ4n) is 1.46. The van der Waals surface area contributed by atoms with E-state index in [9.17, 15) is 4.79 Å². The molecular formula is C11H15BrO2S. The minimum absolute atomic E-state index is 0.141. The number of carbonyl (C=O) groups excluding carboxylic acids is 1. The first-order valence-corrected chi connectivity index (χ1v) is 6.47. The van der Waals surface area contributed by atoms with Crippen LogP contribution in [-0.2, 0) is 9.53 Å². The van der Waals surface area contributed by atoms with Gasteiger partial charge in [0, 0.05) is 10.8 Å². The van der Waals surface area contributed by atoms with E-state index >= 15 is 0 Å². The quantitative estimate of drug-likeness (QED) is 0.788. The third-order valence-electron chi connectivity index (χ3n) is 2.38. The van der Waals surface area contributed by atoms with E-state index in [1.54, 1.807) is 11.3 Å². The number of esters is 1. The zero-order valence-electron chi connectivity index (χ0n) is 9.12. The molecule has 4 heteroatoms. The molecule has 0 radical (unpaired) electrons. The van der Waals surface area contributed by atoms with Crippen LogP contribution >= 0.6 is 27.3 Å². The lowest BCUT2D eigenvalue weighted by atomic mass is 9.91. The molecule has 0 saturated carbocycles. The first kappa shape index (κ1) is 12.7. The number of hydrogen-bond donors (Lipinski definition) is 0. The van der Waals surface area contributed by atoms with Gasteiger partial charge in [-0.15, -0.1) is 11.3 Å². The third-order valence-corrected chi connectivity index (χ3v) is 4.13. The summed E-state index contributed by atoms with van der Waals surface area (Å²) >= 11 is 5.12. The van der Waals surface area contributed by atoms with E-state index < -0.39 is 0 Å². The van der Waals surface area contributed by atoms with Gasteiger partial charge in [0.25, 0.3) is 0 Å². The van der Waals surface area contributed by atoms with Gasteiger partial charge in [0.2, 0.25) is 0 Å². The van der Waals surface area contributed by atoms with Crippen LogP contribution in [0, 0.1) is 5.92 Å². The minimum atomic E-state index is -0.141. The molecule has 0 aliphatic heterocycles. The Bertz CT molecular complexity index is 333. The normalized spacial score (nSPS) is 12.9. The molecule has 1 unspecified atom stereocenters. The largest absolute Gasteiger partial charge is 0.469 e. The Morgan fingerprint density at radius 2 is 2.20 bits per heavy atom. The molecule has 1 atom stereocenters. The fraction of sp³-hybridized carbons (Fsp3) is 0.545. The van der Waals surface area contributed by atoms with Crippen molar-refractivity contribution in [3.05, 3.63) is 20.8 Å². The van der Waals surface area contributed by atoms with Crippen molar-refractivity contribution in [3.8, 4) is 0 Å². The Morgan fingerprint density at radius 1 is 1.53 bits per heavy atom. The van der Waals surface area contributed by atoms with Gasteiger partial charge in [-0.05, 0) is 34.0 Å². The summed E-state index contributed by atoms with van der Waals surface area (Å²) < 4.78 is 5.82. The molecule has 0 spiro atoms. The topological polar surface area (TPSA) is 26.3 Å². The van der Waals surface area contributed by atoms with Crippen LogP contribution in [0.1, 0.15) is 31.1 Å². The predicted octanol–water partition coefficient (Wildman–Crippen LogP) is 3.81. The summed E-state index contributed by atoms with van der Waals surface area (Å²) in [7, 11) is 1.43. The molecule has 1 aromatic heterocycles. The standard InChI is InChI=1S/C11H15BrO2S/c1-7(2)8(6-11(13)14-3)9-4-5-10(12)15-9/h4-5,7-8H,6H2,1-3H3. The zero-order valence-corrected chi connectivity index (χ0v) is 11.5. The van der Waals surface area contributed by atoms with Crippen LogP contribution in [0.4, 0.5) is 0 Å². The zero-order chi connectivity index (χ0) is 11.4. The second-order valence-electron chi connectivity index (χ2n) is 3.77. The fourth-order valence-corrected chi connectivity index (χ4v) is 3.15. The highest BCUT2D eigenvalue weighted by Crippen LogP contribution is 2.35. The number of thiophene rings is 1. The monoisotopic (exact) mass is 290 g/mol. The molecular weight excluding hydrogens is 276 g/mol. The number of rotatable bonds is 4. The van der Waals surface area contributed by atoms with Gasteiger partial charge in [-0.2, -0.15) is 0 Å². The lowest BCUT2D eigenvalue weighted by Gasteiger charge is -2.17. The van der Waals surface area contributed by atoms with Crippen molar-refractivity contribution >= 4 is 33.2 Å². The Labute approximate surface area is 103 Å². The Hall–Kier alpha value is -0.350. The molecule has 1 heterocycles. The lowest BCUT2D eigenvalue weighted by Crippen LogP contribution is -2.12. The molecule has 1 aromatic rings. The lowest BCUT2D eigenvalue weighted by molar-refractivity contribution is -0.141. The highest BCUT2D eigenvalue weighted by atomic mass is 79.9. The van der Waals surface area contributed by atoms with Crippen LogP contribution < -0.4 is 0 Å². The van der Waals surface area contributed by atoms with Gasteiger partial charge in [-0.3, -0.25) is 4.79 Å². The van der Waals surface area contributed by atoms with Crippen LogP contribution in [0.15, 0.2) is 15.9 Å². The highest BCUT2D eigenvalue weighted by molar-refractivity contribution is 9.11. The van der Waals surface area contributed by atoms with Gasteiger partial charge in [0.1, 0.15) is 0 Å². The number of hydrogen-bond acceptors (Lipinski definition) is 3. The van der Waals surface area contributed by atoms with Crippen LogP contribution in [0.25, 0.3) is 0 Å². The van der Waals surface area contributed by atoms with Crippen molar-refractivity contribution in [1.29, 1.82) is 0 Å². The number of carbonyl (C=O) groups is 1. The van der Waals surface area contributed by atoms with E-state index in [2.05, 4.69) is 35.8 Å². The maximum absolute atomic E-state index is 11.3. The van der Waals surface area contributed by atoms with E-state index in [0.29, 0.717) is 12.3 Å². The van der Waals surface area contributed by atoms with Crippen LogP contribution in [0.3, 0.4) is 0 Å². The summed E-state index contributed by atoms with van der Waals surface area (Å²) in [5, 5.41) is 0. The molecule has 0 aromatic carbocycles. The van der Waals surface area contributed by atoms with Crippen molar-refractivity contribution in [3.63, 3.8) is 0 Å². The molecule has 0 aliphatic carbocycles. The second-order valence-corrected chi connectivity index (χ2v) is 6.27. The molecule has 0 N–H and O–H groups in total. The summed E-state index contributed by atoms with van der Waals surface area (Å²) in [6.45, 7) is 4.25. The van der Waals surface area contributed by atoms with Gasteiger partial charge in [0.05, 0.1) is 17.3 Å². The maximum atomic E-state index is 11.3. The van der Waals surface area contributed by atoms with Crippen molar-refractivity contribution in [2.24, 2.45) is 5.92 Å². The van der Waals surface area contributed by atoms with E-state index in [1.165, 1.54) is 12.0 Å². The Balaban J connectivity index is 2.79. The SMILES string of the molecule is COC(=O)CC(c1ccc(Br)s1)C(C)C. The van der Waals surface area contributed by atoms with Crippen molar-refractivity contribution in [2.75, 3.05) is 7.11 Å². The number of ether oxygens (including phenoxy) is 1. The van der Waals surface area contributed by atoms with Crippen LogP contribution in [0.2, 0.25) is 0 Å². The molecule has 0 bridgehead atoms. The van der Waals surface area contributed by atoms with E-state index in [4.69, 9.17) is 4.74 Å². The molecule has 0 saturated heterocycles. The van der Waals surface area contributed by atoms with Crippen LogP contribution in [0.5, 0.6) is 0 Å². The summed E-state index contributed by atoms with van der Waals surface area (Å²) in [5.74, 6) is 0.557. The molecule has 0 amide bonds. The first-order valence-electron chi connectivity index (χ1n) is 4.86. The smallest absolute Gasteiger partial charge is 0.306 e. The van der Waals surface area contributed by atoms with Gasteiger partial charge in [0.15, 0.2) is 0 Å². The third kappa shape index (κ3) is 3.61. The van der Waals surface area contributed by atoms with Crippen molar-refractivity contribution < 1.29 is 9.53 Å². The van der Waals surface area contributed by atoms with Gasteiger partial charge in [-0.1, -0.05) is 13.8 Å². The summed E-state index contributed by atoms with van der Waals surface area (Å²) in [5.41, 5.74) is 0. The Kier molecular flexibility index (Phi) is 4.80. The predicted molar refractivity (Wildman–Crippen MR) is 66.2 cm³/mol. The van der Waals surface area contributed by atoms with Gasteiger partial charge >= 0.3 is 5.97 Å². The van der Waals surface area contributed by atoms with Crippen LogP contribution in [-0.4, -0.2) is 13.1 Å². The van der Waals surface area contributed by atoms with Gasteiger partial charge in [-0.25, -0.2) is 0 Å². The summed E-state index contributed by atoms with van der Waals surface area (Å²) in [6.07, 6.45) is 0.459. The van der Waals surface area contributed by atoms with Crippen molar-refractivity contribution in [2.45, 2.75) is 26.2 Å². The van der Waals surface area contributed by atoms with E-state index in [1.807, 2.05) is 6.07 Å². The summed E-state index contributed by atoms with van der Waals surface area (Å²) in [4.78, 5) is 12.5. The molecule has 84 valence electrons. The Morgan fingerprint density at radius 3 is 2.60 bits per heavy atom. The number of methoxy groups -OCH3 is 1. The summed E-state index contributed by atoms with van der Waals surface area (Å²) in [6, 6.07) is 4.09. The molecule has 2 nitrogen and oxygen atoms in total. The average molecular weight is 291 g/mol. The minimum Gasteiger partial charge on any atom is -0.469 e. The second kappa shape index (κ2) is 5.66. The van der Waals surface area contributed by atoms with Gasteiger partial charge < -0.3 is 4.74 Å².